The maximum absolute atomic E-state index is 9.51. The van der Waals surface area contributed by atoms with E-state index in [4.69, 9.17) is 5.73 Å². The average molecular weight is 222 g/mol. The van der Waals surface area contributed by atoms with Crippen LogP contribution in [0, 0.1) is 0 Å². The van der Waals surface area contributed by atoms with Crippen LogP contribution in [0.2, 0.25) is 0 Å². The molecule has 16 heavy (non-hydrogen) atoms. The summed E-state index contributed by atoms with van der Waals surface area (Å²) < 4.78 is 0. The van der Waals surface area contributed by atoms with E-state index in [1.54, 1.807) is 12.4 Å². The second kappa shape index (κ2) is 5.23. The van der Waals surface area contributed by atoms with E-state index < -0.39 is 6.10 Å². The van der Waals surface area contributed by atoms with E-state index in [1.807, 2.05) is 0 Å². The largest absolute Gasteiger partial charge is 0.387 e. The molecule has 0 bridgehead atoms. The fourth-order valence-corrected chi connectivity index (χ4v) is 1.90. The normalized spacial score (nSPS) is 18.5. The summed E-state index contributed by atoms with van der Waals surface area (Å²) in [6.07, 6.45) is 6.37. The van der Waals surface area contributed by atoms with Crippen molar-refractivity contribution in [2.75, 3.05) is 24.5 Å². The molecule has 2 rings (SSSR count). The summed E-state index contributed by atoms with van der Waals surface area (Å²) in [5.74, 6) is 0.757. The first kappa shape index (κ1) is 11.3. The lowest BCUT2D eigenvalue weighted by Gasteiger charge is -2.26. The molecule has 88 valence electrons. The number of anilines is 1. The Balaban J connectivity index is 2.06. The lowest BCUT2D eigenvalue weighted by atomic mass is 10.1. The number of piperidine rings is 1. The number of nitrogens with zero attached hydrogens (tertiary/aromatic N) is 3. The Morgan fingerprint density at radius 3 is 2.44 bits per heavy atom. The Labute approximate surface area is 95.3 Å². The van der Waals surface area contributed by atoms with E-state index in [-0.39, 0.29) is 6.54 Å². The van der Waals surface area contributed by atoms with Crippen LogP contribution in [0.3, 0.4) is 0 Å². The predicted molar refractivity (Wildman–Crippen MR) is 62.1 cm³/mol. The molecule has 2 heterocycles. The van der Waals surface area contributed by atoms with Crippen LogP contribution in [0.25, 0.3) is 0 Å². The molecule has 1 unspecified atom stereocenters. The van der Waals surface area contributed by atoms with Crippen LogP contribution in [0.4, 0.5) is 5.95 Å². The van der Waals surface area contributed by atoms with E-state index in [9.17, 15) is 5.11 Å². The zero-order chi connectivity index (χ0) is 11.4. The highest BCUT2D eigenvalue weighted by Gasteiger charge is 2.14. The van der Waals surface area contributed by atoms with Crippen LogP contribution < -0.4 is 10.6 Å². The highest BCUT2D eigenvalue weighted by Crippen LogP contribution is 2.16. The number of rotatable bonds is 3. The van der Waals surface area contributed by atoms with Crippen LogP contribution in [0.1, 0.15) is 30.9 Å². The van der Waals surface area contributed by atoms with Gasteiger partial charge in [-0.25, -0.2) is 9.97 Å². The number of aliphatic hydroxyl groups excluding tert-OH is 1. The topological polar surface area (TPSA) is 75.3 Å². The van der Waals surface area contributed by atoms with Crippen molar-refractivity contribution in [3.8, 4) is 0 Å². The number of aliphatic hydroxyl groups is 1. The van der Waals surface area contributed by atoms with Gasteiger partial charge < -0.3 is 15.7 Å². The third-order valence-electron chi connectivity index (χ3n) is 2.91. The van der Waals surface area contributed by atoms with Gasteiger partial charge in [0.05, 0.1) is 6.10 Å². The molecule has 1 aromatic rings. The van der Waals surface area contributed by atoms with Gasteiger partial charge in [0.25, 0.3) is 0 Å². The zero-order valence-electron chi connectivity index (χ0n) is 9.34. The molecule has 0 saturated carbocycles. The summed E-state index contributed by atoms with van der Waals surface area (Å²) >= 11 is 0. The molecular formula is C11H18N4O. The Morgan fingerprint density at radius 2 is 1.88 bits per heavy atom. The van der Waals surface area contributed by atoms with Crippen LogP contribution in [-0.4, -0.2) is 34.7 Å². The van der Waals surface area contributed by atoms with Gasteiger partial charge in [-0.15, -0.1) is 0 Å². The molecule has 1 aliphatic heterocycles. The van der Waals surface area contributed by atoms with Crippen LogP contribution in [0.5, 0.6) is 0 Å². The minimum atomic E-state index is -0.657. The third kappa shape index (κ3) is 2.48. The van der Waals surface area contributed by atoms with E-state index in [1.165, 1.54) is 19.3 Å². The molecule has 0 amide bonds. The van der Waals surface area contributed by atoms with E-state index in [2.05, 4.69) is 14.9 Å². The maximum Gasteiger partial charge on any atom is 0.225 e. The second-order valence-electron chi connectivity index (χ2n) is 4.12. The van der Waals surface area contributed by atoms with Gasteiger partial charge in [0.15, 0.2) is 0 Å². The van der Waals surface area contributed by atoms with E-state index in [0.29, 0.717) is 5.56 Å². The smallest absolute Gasteiger partial charge is 0.225 e. The molecule has 1 atom stereocenters. The summed E-state index contributed by atoms with van der Waals surface area (Å²) in [6.45, 7) is 2.25. The SMILES string of the molecule is NCC(O)c1cnc(N2CCCCC2)nc1. The highest BCUT2D eigenvalue weighted by atomic mass is 16.3. The Hall–Kier alpha value is -1.20. The molecule has 1 aromatic heterocycles. The van der Waals surface area contributed by atoms with Crippen molar-refractivity contribution >= 4 is 5.95 Å². The van der Waals surface area contributed by atoms with Gasteiger partial charge in [0.2, 0.25) is 5.95 Å². The highest BCUT2D eigenvalue weighted by molar-refractivity contribution is 5.30. The Kier molecular flexibility index (Phi) is 3.69. The fraction of sp³-hybridized carbons (Fsp3) is 0.636. The Bertz CT molecular complexity index is 321. The van der Waals surface area contributed by atoms with Crippen LogP contribution >= 0.6 is 0 Å². The molecule has 5 heteroatoms. The summed E-state index contributed by atoms with van der Waals surface area (Å²) in [6, 6.07) is 0. The van der Waals surface area contributed by atoms with Crippen molar-refractivity contribution in [1.82, 2.24) is 9.97 Å². The van der Waals surface area contributed by atoms with E-state index in [0.717, 1.165) is 19.0 Å². The molecule has 1 saturated heterocycles. The van der Waals surface area contributed by atoms with Gasteiger partial charge >= 0.3 is 0 Å². The van der Waals surface area contributed by atoms with Gasteiger partial charge in [-0.1, -0.05) is 0 Å². The lowest BCUT2D eigenvalue weighted by molar-refractivity contribution is 0.186. The predicted octanol–water partition coefficient (Wildman–Crippen LogP) is 0.459. The summed E-state index contributed by atoms with van der Waals surface area (Å²) in [5, 5.41) is 9.51. The molecule has 0 radical (unpaired) electrons. The fourth-order valence-electron chi connectivity index (χ4n) is 1.90. The zero-order valence-corrected chi connectivity index (χ0v) is 9.34. The standard InChI is InChI=1S/C11H18N4O/c12-6-10(16)9-7-13-11(14-8-9)15-4-2-1-3-5-15/h7-8,10,16H,1-6,12H2. The lowest BCUT2D eigenvalue weighted by Crippen LogP contribution is -2.31. The average Bonchev–Trinajstić information content (AvgIpc) is 2.39. The van der Waals surface area contributed by atoms with E-state index >= 15 is 0 Å². The number of nitrogens with two attached hydrogens (primary N) is 1. The van der Waals surface area contributed by atoms with Gasteiger partial charge in [-0.2, -0.15) is 0 Å². The summed E-state index contributed by atoms with van der Waals surface area (Å²) in [7, 11) is 0. The minimum Gasteiger partial charge on any atom is -0.387 e. The van der Waals surface area contributed by atoms with Crippen molar-refractivity contribution in [3.05, 3.63) is 18.0 Å². The molecule has 1 fully saturated rings. The maximum atomic E-state index is 9.51. The van der Waals surface area contributed by atoms with Crippen molar-refractivity contribution in [2.45, 2.75) is 25.4 Å². The van der Waals surface area contributed by atoms with Crippen molar-refractivity contribution < 1.29 is 5.11 Å². The first-order chi connectivity index (χ1) is 7.81. The molecular weight excluding hydrogens is 204 g/mol. The molecule has 5 nitrogen and oxygen atoms in total. The first-order valence-electron chi connectivity index (χ1n) is 5.76. The third-order valence-corrected chi connectivity index (χ3v) is 2.91. The molecule has 0 aromatic carbocycles. The van der Waals surface area contributed by atoms with Crippen molar-refractivity contribution in [3.63, 3.8) is 0 Å². The van der Waals surface area contributed by atoms with Gasteiger partial charge in [-0.05, 0) is 19.3 Å². The number of hydrogen-bond acceptors (Lipinski definition) is 5. The van der Waals surface area contributed by atoms with Crippen molar-refractivity contribution in [2.24, 2.45) is 5.73 Å². The minimum absolute atomic E-state index is 0.201. The van der Waals surface area contributed by atoms with Gasteiger partial charge in [-0.3, -0.25) is 0 Å². The molecule has 1 aliphatic rings. The van der Waals surface area contributed by atoms with Crippen molar-refractivity contribution in [1.29, 1.82) is 0 Å². The van der Waals surface area contributed by atoms with Gasteiger partial charge in [0, 0.05) is 37.6 Å². The second-order valence-corrected chi connectivity index (χ2v) is 4.12. The summed E-state index contributed by atoms with van der Waals surface area (Å²) in [5.41, 5.74) is 6.05. The Morgan fingerprint density at radius 1 is 1.25 bits per heavy atom. The van der Waals surface area contributed by atoms with Crippen LogP contribution in [-0.2, 0) is 0 Å². The van der Waals surface area contributed by atoms with Crippen LogP contribution in [0.15, 0.2) is 12.4 Å². The number of aromatic nitrogens is 2. The monoisotopic (exact) mass is 222 g/mol. The van der Waals surface area contributed by atoms with Gasteiger partial charge in [0.1, 0.15) is 0 Å². The quantitative estimate of drug-likeness (QED) is 0.777. The molecule has 0 aliphatic carbocycles. The molecule has 3 N–H and O–H groups in total. The molecule has 0 spiro atoms. The summed E-state index contributed by atoms with van der Waals surface area (Å²) in [4.78, 5) is 10.7. The number of hydrogen-bond donors (Lipinski definition) is 2. The first-order valence-corrected chi connectivity index (χ1v) is 5.76.